The Morgan fingerprint density at radius 1 is 1.17 bits per heavy atom. The highest BCUT2D eigenvalue weighted by Gasteiger charge is 2.22. The molecule has 1 aromatic heterocycles. The van der Waals surface area contributed by atoms with Crippen LogP contribution in [0.5, 0.6) is 0 Å². The summed E-state index contributed by atoms with van der Waals surface area (Å²) in [4.78, 5) is 34.7. The molecular weight excluding hydrogens is 232 g/mol. The molecule has 1 aliphatic rings. The zero-order valence-electron chi connectivity index (χ0n) is 10.4. The zero-order valence-corrected chi connectivity index (χ0v) is 10.4. The summed E-state index contributed by atoms with van der Waals surface area (Å²) in [6.07, 6.45) is 3.41. The van der Waals surface area contributed by atoms with Gasteiger partial charge in [-0.15, -0.1) is 0 Å². The first-order chi connectivity index (χ1) is 8.66. The van der Waals surface area contributed by atoms with Gasteiger partial charge in [0.2, 0.25) is 11.9 Å². The van der Waals surface area contributed by atoms with Crippen molar-refractivity contribution in [2.75, 3.05) is 31.1 Å². The highest BCUT2D eigenvalue weighted by atomic mass is 16.2. The Labute approximate surface area is 106 Å². The van der Waals surface area contributed by atoms with Gasteiger partial charge in [-0.3, -0.25) is 9.59 Å². The van der Waals surface area contributed by atoms with E-state index in [9.17, 15) is 9.59 Å². The second kappa shape index (κ2) is 5.57. The van der Waals surface area contributed by atoms with E-state index in [1.807, 2.05) is 4.90 Å². The molecule has 6 heteroatoms. The predicted molar refractivity (Wildman–Crippen MR) is 66.1 cm³/mol. The molecule has 1 amide bonds. The van der Waals surface area contributed by atoms with Crippen LogP contribution in [0.4, 0.5) is 5.95 Å². The van der Waals surface area contributed by atoms with Gasteiger partial charge in [0.25, 0.3) is 0 Å². The second-order valence-electron chi connectivity index (χ2n) is 4.30. The Balaban J connectivity index is 1.88. The number of piperazine rings is 1. The lowest BCUT2D eigenvalue weighted by atomic mass is 10.2. The summed E-state index contributed by atoms with van der Waals surface area (Å²) in [5.41, 5.74) is 0. The molecule has 0 aromatic carbocycles. The van der Waals surface area contributed by atoms with Crippen LogP contribution in [0.15, 0.2) is 18.5 Å². The fourth-order valence-corrected chi connectivity index (χ4v) is 1.94. The maximum Gasteiger partial charge on any atom is 0.230 e. The molecule has 6 nitrogen and oxygen atoms in total. The average Bonchev–Trinajstić information content (AvgIpc) is 2.39. The van der Waals surface area contributed by atoms with Crippen LogP contribution >= 0.6 is 0 Å². The average molecular weight is 248 g/mol. The van der Waals surface area contributed by atoms with E-state index in [2.05, 4.69) is 9.97 Å². The molecule has 0 aliphatic carbocycles. The summed E-state index contributed by atoms with van der Waals surface area (Å²) in [5, 5.41) is 0. The minimum atomic E-state index is -0.0891. The fraction of sp³-hybridized carbons (Fsp3) is 0.500. The smallest absolute Gasteiger partial charge is 0.230 e. The molecule has 96 valence electrons. The number of aromatic nitrogens is 2. The van der Waals surface area contributed by atoms with Gasteiger partial charge in [-0.05, 0) is 13.0 Å². The third-order valence-electron chi connectivity index (χ3n) is 2.87. The minimum absolute atomic E-state index is 0.00182. The maximum atomic E-state index is 11.7. The largest absolute Gasteiger partial charge is 0.339 e. The molecule has 1 fully saturated rings. The summed E-state index contributed by atoms with van der Waals surface area (Å²) in [7, 11) is 0. The number of carbonyl (C=O) groups is 2. The Kier molecular flexibility index (Phi) is 3.86. The van der Waals surface area contributed by atoms with Gasteiger partial charge < -0.3 is 9.80 Å². The number of ketones is 1. The fourth-order valence-electron chi connectivity index (χ4n) is 1.94. The molecule has 0 radical (unpaired) electrons. The predicted octanol–water partition coefficient (Wildman–Crippen LogP) is 0.104. The Morgan fingerprint density at radius 3 is 2.33 bits per heavy atom. The summed E-state index contributed by atoms with van der Waals surface area (Å²) in [6, 6.07) is 1.77. The van der Waals surface area contributed by atoms with Crippen molar-refractivity contribution in [1.29, 1.82) is 0 Å². The van der Waals surface area contributed by atoms with Crippen LogP contribution in [-0.2, 0) is 9.59 Å². The van der Waals surface area contributed by atoms with Crippen LogP contribution in [0.2, 0.25) is 0 Å². The van der Waals surface area contributed by atoms with Gasteiger partial charge in [-0.1, -0.05) is 0 Å². The molecular formula is C12H16N4O2. The summed E-state index contributed by atoms with van der Waals surface area (Å²) < 4.78 is 0. The molecule has 1 aromatic rings. The molecule has 0 bridgehead atoms. The summed E-state index contributed by atoms with van der Waals surface area (Å²) in [6.45, 7) is 4.07. The Bertz CT molecular complexity index is 427. The van der Waals surface area contributed by atoms with Gasteiger partial charge >= 0.3 is 0 Å². The van der Waals surface area contributed by atoms with E-state index in [0.717, 1.165) is 0 Å². The van der Waals surface area contributed by atoms with E-state index in [1.54, 1.807) is 23.4 Å². The van der Waals surface area contributed by atoms with E-state index in [0.29, 0.717) is 32.1 Å². The topological polar surface area (TPSA) is 66.4 Å². The molecule has 0 N–H and O–H groups in total. The molecule has 2 rings (SSSR count). The number of carbonyl (C=O) groups excluding carboxylic acids is 2. The van der Waals surface area contributed by atoms with Crippen LogP contribution in [0, 0.1) is 0 Å². The highest BCUT2D eigenvalue weighted by Crippen LogP contribution is 2.10. The number of Topliss-reactive ketones (excluding diaryl/α,β-unsaturated/α-hetero) is 1. The van der Waals surface area contributed by atoms with Gasteiger partial charge in [0, 0.05) is 38.6 Å². The third-order valence-corrected chi connectivity index (χ3v) is 2.87. The van der Waals surface area contributed by atoms with Crippen molar-refractivity contribution in [2.45, 2.75) is 13.3 Å². The first-order valence-corrected chi connectivity index (χ1v) is 5.96. The lowest BCUT2D eigenvalue weighted by molar-refractivity contribution is -0.135. The van der Waals surface area contributed by atoms with E-state index >= 15 is 0 Å². The Morgan fingerprint density at radius 2 is 1.78 bits per heavy atom. The Hall–Kier alpha value is -1.98. The number of rotatable bonds is 3. The highest BCUT2D eigenvalue weighted by molar-refractivity contribution is 5.96. The zero-order chi connectivity index (χ0) is 13.0. The first-order valence-electron chi connectivity index (χ1n) is 5.96. The van der Waals surface area contributed by atoms with Crippen molar-refractivity contribution in [3.8, 4) is 0 Å². The number of hydrogen-bond donors (Lipinski definition) is 0. The monoisotopic (exact) mass is 248 g/mol. The lowest BCUT2D eigenvalue weighted by Gasteiger charge is -2.34. The second-order valence-corrected chi connectivity index (χ2v) is 4.30. The molecule has 1 saturated heterocycles. The number of anilines is 1. The van der Waals surface area contributed by atoms with Crippen molar-refractivity contribution < 1.29 is 9.59 Å². The lowest BCUT2D eigenvalue weighted by Crippen LogP contribution is -2.49. The minimum Gasteiger partial charge on any atom is -0.339 e. The van der Waals surface area contributed by atoms with E-state index < -0.39 is 0 Å². The van der Waals surface area contributed by atoms with E-state index in [1.165, 1.54) is 6.92 Å². The summed E-state index contributed by atoms with van der Waals surface area (Å²) >= 11 is 0. The standard InChI is InChI=1S/C12H16N4O2/c1-10(17)9-11(18)15-5-7-16(8-6-15)12-13-3-2-4-14-12/h2-4H,5-9H2,1H3. The maximum absolute atomic E-state index is 11.7. The normalized spacial score (nSPS) is 15.6. The molecule has 0 saturated carbocycles. The van der Waals surface area contributed by atoms with Crippen LogP contribution < -0.4 is 4.90 Å². The summed E-state index contributed by atoms with van der Waals surface area (Å²) in [5.74, 6) is 0.515. The van der Waals surface area contributed by atoms with Crippen molar-refractivity contribution in [1.82, 2.24) is 14.9 Å². The van der Waals surface area contributed by atoms with Crippen molar-refractivity contribution in [3.63, 3.8) is 0 Å². The molecule has 1 aliphatic heterocycles. The van der Waals surface area contributed by atoms with Crippen LogP contribution in [-0.4, -0.2) is 52.7 Å². The van der Waals surface area contributed by atoms with Crippen molar-refractivity contribution >= 4 is 17.6 Å². The molecule has 0 spiro atoms. The number of nitrogens with zero attached hydrogens (tertiary/aromatic N) is 4. The number of hydrogen-bond acceptors (Lipinski definition) is 5. The quantitative estimate of drug-likeness (QED) is 0.710. The van der Waals surface area contributed by atoms with Crippen molar-refractivity contribution in [3.05, 3.63) is 18.5 Å². The van der Waals surface area contributed by atoms with E-state index in [-0.39, 0.29) is 18.1 Å². The SMILES string of the molecule is CC(=O)CC(=O)N1CCN(c2ncccn2)CC1. The van der Waals surface area contributed by atoms with Gasteiger partial charge in [0.1, 0.15) is 5.78 Å². The third kappa shape index (κ3) is 3.03. The van der Waals surface area contributed by atoms with Crippen LogP contribution in [0.25, 0.3) is 0 Å². The van der Waals surface area contributed by atoms with Crippen LogP contribution in [0.1, 0.15) is 13.3 Å². The molecule has 2 heterocycles. The van der Waals surface area contributed by atoms with Crippen molar-refractivity contribution in [2.24, 2.45) is 0 Å². The van der Waals surface area contributed by atoms with Gasteiger partial charge in [0.05, 0.1) is 6.42 Å². The van der Waals surface area contributed by atoms with Gasteiger partial charge in [0.15, 0.2) is 0 Å². The molecule has 0 unspecified atom stereocenters. The van der Waals surface area contributed by atoms with Crippen LogP contribution in [0.3, 0.4) is 0 Å². The first kappa shape index (κ1) is 12.5. The van der Waals surface area contributed by atoms with Gasteiger partial charge in [-0.2, -0.15) is 0 Å². The number of amides is 1. The molecule has 0 atom stereocenters. The molecule has 18 heavy (non-hydrogen) atoms. The van der Waals surface area contributed by atoms with Gasteiger partial charge in [-0.25, -0.2) is 9.97 Å². The van der Waals surface area contributed by atoms with E-state index in [4.69, 9.17) is 0 Å².